The molecule has 1 aromatic heterocycles. The van der Waals surface area contributed by atoms with E-state index in [1.54, 1.807) is 18.2 Å². The fraction of sp³-hybridized carbons (Fsp3) is 0.333. The Hall–Kier alpha value is -2.85. The molecule has 0 saturated carbocycles. The van der Waals surface area contributed by atoms with Gasteiger partial charge in [-0.15, -0.1) is 0 Å². The van der Waals surface area contributed by atoms with Crippen molar-refractivity contribution >= 4 is 23.6 Å². The highest BCUT2D eigenvalue weighted by molar-refractivity contribution is 8.00. The Labute approximate surface area is 169 Å². The maximum absolute atomic E-state index is 12.2. The lowest BCUT2D eigenvalue weighted by molar-refractivity contribution is -0.118. The Kier molecular flexibility index (Phi) is 7.59. The van der Waals surface area contributed by atoms with E-state index in [0.717, 1.165) is 22.4 Å². The topological polar surface area (TPSA) is 94.9 Å². The molecule has 28 heavy (non-hydrogen) atoms. The van der Waals surface area contributed by atoms with Crippen LogP contribution in [-0.2, 0) is 11.3 Å². The molecule has 0 spiro atoms. The Bertz CT molecular complexity index is 935. The van der Waals surface area contributed by atoms with E-state index in [1.807, 2.05) is 33.8 Å². The highest BCUT2D eigenvalue weighted by atomic mass is 32.2. The molecule has 2 aromatic rings. The first-order valence-electron chi connectivity index (χ1n) is 9.01. The Morgan fingerprint density at radius 1 is 1.18 bits per heavy atom. The zero-order valence-corrected chi connectivity index (χ0v) is 17.4. The molecule has 2 amide bonds. The zero-order valence-electron chi connectivity index (χ0n) is 16.5. The smallest absolute Gasteiger partial charge is 0.251 e. The summed E-state index contributed by atoms with van der Waals surface area (Å²) in [4.78, 5) is 28.6. The lowest BCUT2D eigenvalue weighted by Gasteiger charge is -2.11. The number of aromatic nitrogens is 1. The normalized spacial score (nSPS) is 10.2. The molecule has 146 valence electrons. The molecule has 0 aliphatic heterocycles. The third-order valence-electron chi connectivity index (χ3n) is 4.43. The number of amides is 2. The number of carbonyl (C=O) groups is 2. The third kappa shape index (κ3) is 5.33. The van der Waals surface area contributed by atoms with Crippen LogP contribution in [0.15, 0.2) is 29.3 Å². The van der Waals surface area contributed by atoms with E-state index in [4.69, 9.17) is 0 Å². The minimum Gasteiger partial charge on any atom is -0.352 e. The van der Waals surface area contributed by atoms with Crippen LogP contribution in [0.25, 0.3) is 0 Å². The van der Waals surface area contributed by atoms with Crippen molar-refractivity contribution in [3.8, 4) is 6.07 Å². The van der Waals surface area contributed by atoms with Crippen molar-refractivity contribution < 1.29 is 9.59 Å². The van der Waals surface area contributed by atoms with Gasteiger partial charge in [0.25, 0.3) is 5.91 Å². The quantitative estimate of drug-likeness (QED) is 0.702. The zero-order chi connectivity index (χ0) is 20.7. The molecule has 1 aromatic carbocycles. The van der Waals surface area contributed by atoms with Crippen molar-refractivity contribution in [3.05, 3.63) is 57.8 Å². The summed E-state index contributed by atoms with van der Waals surface area (Å²) in [6.45, 7) is 8.49. The van der Waals surface area contributed by atoms with Crippen molar-refractivity contribution in [2.75, 3.05) is 12.3 Å². The van der Waals surface area contributed by atoms with Crippen molar-refractivity contribution in [3.63, 3.8) is 0 Å². The Balaban J connectivity index is 1.97. The lowest BCUT2D eigenvalue weighted by Crippen LogP contribution is -2.25. The van der Waals surface area contributed by atoms with E-state index < -0.39 is 0 Å². The average Bonchev–Trinajstić information content (AvgIpc) is 2.69. The van der Waals surface area contributed by atoms with Crippen LogP contribution in [0.4, 0.5) is 0 Å². The number of nitrogens with one attached hydrogen (secondary N) is 2. The molecule has 2 N–H and O–H groups in total. The van der Waals surface area contributed by atoms with Gasteiger partial charge < -0.3 is 10.6 Å². The summed E-state index contributed by atoms with van der Waals surface area (Å²) < 4.78 is 0. The van der Waals surface area contributed by atoms with Crippen LogP contribution in [0.2, 0.25) is 0 Å². The van der Waals surface area contributed by atoms with Crippen LogP contribution in [-0.4, -0.2) is 29.1 Å². The number of nitrogens with zero attached hydrogens (tertiary/aromatic N) is 2. The molecule has 0 fully saturated rings. The summed E-state index contributed by atoms with van der Waals surface area (Å²) >= 11 is 1.26. The molecule has 6 nitrogen and oxygen atoms in total. The summed E-state index contributed by atoms with van der Waals surface area (Å²) in [5.41, 5.74) is 4.70. The maximum atomic E-state index is 12.2. The molecule has 0 saturated heterocycles. The molecule has 0 radical (unpaired) electrons. The second kappa shape index (κ2) is 9.90. The number of hydrogen-bond acceptors (Lipinski definition) is 5. The summed E-state index contributed by atoms with van der Waals surface area (Å²) in [6, 6.07) is 9.34. The van der Waals surface area contributed by atoms with Gasteiger partial charge in [-0.05, 0) is 56.5 Å². The van der Waals surface area contributed by atoms with Gasteiger partial charge in [-0.25, -0.2) is 4.98 Å². The molecule has 7 heteroatoms. The first-order valence-corrected chi connectivity index (χ1v) is 10.0. The molecule has 0 aliphatic rings. The van der Waals surface area contributed by atoms with Crippen molar-refractivity contribution in [1.29, 1.82) is 5.26 Å². The van der Waals surface area contributed by atoms with Gasteiger partial charge in [0.15, 0.2) is 0 Å². The summed E-state index contributed by atoms with van der Waals surface area (Å²) in [7, 11) is 0. The maximum Gasteiger partial charge on any atom is 0.251 e. The Morgan fingerprint density at radius 3 is 2.61 bits per heavy atom. The van der Waals surface area contributed by atoms with Gasteiger partial charge >= 0.3 is 0 Å². The van der Waals surface area contributed by atoms with E-state index in [9.17, 15) is 14.9 Å². The molecule has 2 rings (SSSR count). The molecule has 0 bridgehead atoms. The number of pyridine rings is 1. The first-order chi connectivity index (χ1) is 13.4. The fourth-order valence-electron chi connectivity index (χ4n) is 2.62. The second-order valence-corrected chi connectivity index (χ2v) is 7.33. The van der Waals surface area contributed by atoms with Crippen LogP contribution in [0.5, 0.6) is 0 Å². The van der Waals surface area contributed by atoms with Gasteiger partial charge in [-0.2, -0.15) is 5.26 Å². The largest absolute Gasteiger partial charge is 0.352 e. The van der Waals surface area contributed by atoms with Crippen molar-refractivity contribution in [2.45, 2.75) is 39.3 Å². The Morgan fingerprint density at radius 2 is 1.93 bits per heavy atom. The van der Waals surface area contributed by atoms with E-state index in [1.165, 1.54) is 11.8 Å². The van der Waals surface area contributed by atoms with Gasteiger partial charge in [0.05, 0.1) is 11.3 Å². The number of hydrogen-bond donors (Lipinski definition) is 2. The average molecular weight is 397 g/mol. The number of benzene rings is 1. The van der Waals surface area contributed by atoms with Crippen LogP contribution < -0.4 is 10.6 Å². The minimum absolute atomic E-state index is 0.133. The van der Waals surface area contributed by atoms with Crippen molar-refractivity contribution in [2.24, 2.45) is 0 Å². The predicted molar refractivity (Wildman–Crippen MR) is 110 cm³/mol. The summed E-state index contributed by atoms with van der Waals surface area (Å²) in [6.07, 6.45) is 0. The van der Waals surface area contributed by atoms with Gasteiger partial charge in [0, 0.05) is 24.3 Å². The molecule has 0 unspecified atom stereocenters. The van der Waals surface area contributed by atoms with Gasteiger partial charge in [-0.3, -0.25) is 9.59 Å². The van der Waals surface area contributed by atoms with E-state index >= 15 is 0 Å². The molecule has 0 atom stereocenters. The van der Waals surface area contributed by atoms with Crippen LogP contribution in [0.3, 0.4) is 0 Å². The second-order valence-electron chi connectivity index (χ2n) is 6.36. The van der Waals surface area contributed by atoms with Gasteiger partial charge in [-0.1, -0.05) is 23.9 Å². The lowest BCUT2D eigenvalue weighted by atomic mass is 10.1. The SMILES string of the molecule is CCNC(=O)c1cccc(CNC(=O)CSc2nc(C)c(C)c(C)c2C#N)c1. The number of carbonyl (C=O) groups excluding carboxylic acids is 2. The number of aryl methyl sites for hydroxylation is 1. The van der Waals surface area contributed by atoms with Crippen LogP contribution in [0.1, 0.15) is 45.2 Å². The van der Waals surface area contributed by atoms with E-state index in [-0.39, 0.29) is 17.6 Å². The third-order valence-corrected chi connectivity index (χ3v) is 5.41. The molecule has 0 aliphatic carbocycles. The fourth-order valence-corrected chi connectivity index (χ4v) is 3.53. The monoisotopic (exact) mass is 396 g/mol. The molecular weight excluding hydrogens is 372 g/mol. The number of rotatable bonds is 7. The summed E-state index contributed by atoms with van der Waals surface area (Å²) in [5.74, 6) is -0.124. The minimum atomic E-state index is -0.157. The highest BCUT2D eigenvalue weighted by Crippen LogP contribution is 2.26. The molecular formula is C21H24N4O2S. The van der Waals surface area contributed by atoms with E-state index in [0.29, 0.717) is 29.2 Å². The van der Waals surface area contributed by atoms with Crippen molar-refractivity contribution in [1.82, 2.24) is 15.6 Å². The predicted octanol–water partition coefficient (Wildman–Crippen LogP) is 3.04. The number of nitriles is 1. The molecule has 1 heterocycles. The number of thioether (sulfide) groups is 1. The van der Waals surface area contributed by atoms with Crippen LogP contribution >= 0.6 is 11.8 Å². The van der Waals surface area contributed by atoms with Crippen LogP contribution in [0, 0.1) is 32.1 Å². The summed E-state index contributed by atoms with van der Waals surface area (Å²) in [5, 5.41) is 15.6. The first kappa shape index (κ1) is 21.5. The van der Waals surface area contributed by atoms with Gasteiger partial charge in [0.1, 0.15) is 11.1 Å². The standard InChI is InChI=1S/C21H24N4O2S/c1-5-23-20(27)17-8-6-7-16(9-17)11-24-19(26)12-28-21-18(10-22)14(3)13(2)15(4)25-21/h6-9H,5,11-12H2,1-4H3,(H,23,27)(H,24,26). The van der Waals surface area contributed by atoms with Gasteiger partial charge in [0.2, 0.25) is 5.91 Å². The van der Waals surface area contributed by atoms with E-state index in [2.05, 4.69) is 21.7 Å². The highest BCUT2D eigenvalue weighted by Gasteiger charge is 2.14.